The number of β-amino-alcohol motifs (C(OH)–C–C–N with tert-alkyl or cyclic N) is 1. The first-order valence-corrected chi connectivity index (χ1v) is 6.38. The summed E-state index contributed by atoms with van der Waals surface area (Å²) in [5.41, 5.74) is -1.96. The third kappa shape index (κ3) is 5.41. The minimum Gasteiger partial charge on any atom is -0.444 e. The van der Waals surface area contributed by atoms with Crippen molar-refractivity contribution in [1.29, 1.82) is 0 Å². The van der Waals surface area contributed by atoms with Gasteiger partial charge in [0.1, 0.15) is 11.2 Å². The van der Waals surface area contributed by atoms with Gasteiger partial charge < -0.3 is 20.1 Å². The number of alkyl halides is 3. The van der Waals surface area contributed by atoms with Crippen molar-refractivity contribution in [3.05, 3.63) is 0 Å². The molecule has 122 valence electrons. The summed E-state index contributed by atoms with van der Waals surface area (Å²) in [6.45, 7) is 4.70. The van der Waals surface area contributed by atoms with Crippen LogP contribution in [0.15, 0.2) is 0 Å². The molecule has 1 saturated heterocycles. The molecule has 0 atom stereocenters. The highest BCUT2D eigenvalue weighted by Crippen LogP contribution is 2.26. The van der Waals surface area contributed by atoms with Crippen LogP contribution >= 0.6 is 0 Å². The van der Waals surface area contributed by atoms with Crippen LogP contribution in [0.2, 0.25) is 0 Å². The van der Waals surface area contributed by atoms with Crippen molar-refractivity contribution in [3.8, 4) is 0 Å². The fourth-order valence-electron chi connectivity index (χ4n) is 1.79. The van der Waals surface area contributed by atoms with E-state index in [2.05, 4.69) is 0 Å². The van der Waals surface area contributed by atoms with Crippen LogP contribution in [0, 0.1) is 0 Å². The van der Waals surface area contributed by atoms with Gasteiger partial charge in [0.2, 0.25) is 0 Å². The summed E-state index contributed by atoms with van der Waals surface area (Å²) in [4.78, 5) is 23.4. The monoisotopic (exact) mass is 312 g/mol. The molecular formula is C12H19F3N2O4. The molecule has 0 bridgehead atoms. The number of aliphatic hydroxyl groups is 1. The van der Waals surface area contributed by atoms with Gasteiger partial charge in [0, 0.05) is 6.54 Å². The Morgan fingerprint density at radius 2 is 1.81 bits per heavy atom. The lowest BCUT2D eigenvalue weighted by molar-refractivity contribution is -0.174. The number of rotatable bonds is 3. The molecule has 1 aliphatic rings. The number of nitrogens with one attached hydrogen (secondary N) is 1. The lowest BCUT2D eigenvalue weighted by atomic mass is 9.91. The summed E-state index contributed by atoms with van der Waals surface area (Å²) in [5, 5.41) is 11.6. The lowest BCUT2D eigenvalue weighted by Crippen LogP contribution is -2.64. The molecule has 0 spiro atoms. The number of nitrogens with zero attached hydrogens (tertiary/aromatic N) is 1. The molecule has 2 N–H and O–H groups in total. The fraction of sp³-hybridized carbons (Fsp3) is 0.833. The van der Waals surface area contributed by atoms with Crippen molar-refractivity contribution in [2.24, 2.45) is 0 Å². The molecule has 2 amide bonds. The quantitative estimate of drug-likeness (QED) is 0.816. The fourth-order valence-corrected chi connectivity index (χ4v) is 1.79. The topological polar surface area (TPSA) is 78.9 Å². The Bertz CT molecular complexity index is 412. The average Bonchev–Trinajstić information content (AvgIpc) is 2.21. The largest absolute Gasteiger partial charge is 0.471 e. The minimum absolute atomic E-state index is 0.0379. The van der Waals surface area contributed by atoms with Crippen molar-refractivity contribution in [2.75, 3.05) is 19.6 Å². The van der Waals surface area contributed by atoms with Gasteiger partial charge in [-0.15, -0.1) is 0 Å². The van der Waals surface area contributed by atoms with E-state index in [0.29, 0.717) is 0 Å². The average molecular weight is 312 g/mol. The molecular weight excluding hydrogens is 293 g/mol. The standard InChI is InChI=1S/C12H19F3N2O4/c1-10(2,3)21-9(19)17-6-11(20,7-17)4-5-16-8(18)12(13,14)15/h20H,4-7H2,1-3H3,(H,16,18). The number of hydrogen-bond donors (Lipinski definition) is 2. The van der Waals surface area contributed by atoms with E-state index >= 15 is 0 Å². The van der Waals surface area contributed by atoms with Gasteiger partial charge in [-0.05, 0) is 27.2 Å². The maximum absolute atomic E-state index is 11.9. The van der Waals surface area contributed by atoms with E-state index < -0.39 is 29.4 Å². The van der Waals surface area contributed by atoms with Crippen LogP contribution in [0.5, 0.6) is 0 Å². The molecule has 0 aromatic heterocycles. The van der Waals surface area contributed by atoms with Crippen LogP contribution in [0.4, 0.5) is 18.0 Å². The Hall–Kier alpha value is -1.51. The molecule has 0 aromatic carbocycles. The highest BCUT2D eigenvalue weighted by molar-refractivity contribution is 5.81. The number of ether oxygens (including phenoxy) is 1. The van der Waals surface area contributed by atoms with Gasteiger partial charge >= 0.3 is 18.2 Å². The van der Waals surface area contributed by atoms with Gasteiger partial charge in [0.05, 0.1) is 13.1 Å². The molecule has 0 unspecified atom stereocenters. The SMILES string of the molecule is CC(C)(C)OC(=O)N1CC(O)(CCNC(=O)C(F)(F)F)C1. The molecule has 0 aliphatic carbocycles. The molecule has 0 saturated carbocycles. The second-order valence-corrected chi connectivity index (χ2v) is 6.06. The van der Waals surface area contributed by atoms with Gasteiger partial charge in [-0.2, -0.15) is 13.2 Å². The van der Waals surface area contributed by atoms with Gasteiger partial charge in [0.25, 0.3) is 0 Å². The van der Waals surface area contributed by atoms with Crippen LogP contribution in [-0.4, -0.2) is 59.0 Å². The normalized spacial score (nSPS) is 18.0. The highest BCUT2D eigenvalue weighted by Gasteiger charge is 2.45. The Morgan fingerprint density at radius 3 is 2.24 bits per heavy atom. The molecule has 6 nitrogen and oxygen atoms in total. The van der Waals surface area contributed by atoms with Gasteiger partial charge in [-0.3, -0.25) is 4.79 Å². The van der Waals surface area contributed by atoms with E-state index in [1.54, 1.807) is 26.1 Å². The van der Waals surface area contributed by atoms with E-state index in [1.165, 1.54) is 4.90 Å². The van der Waals surface area contributed by atoms with Crippen molar-refractivity contribution in [3.63, 3.8) is 0 Å². The Balaban J connectivity index is 2.31. The number of amides is 2. The third-order valence-corrected chi connectivity index (χ3v) is 2.76. The summed E-state index contributed by atoms with van der Waals surface area (Å²) in [6, 6.07) is 0. The molecule has 21 heavy (non-hydrogen) atoms. The molecule has 1 aliphatic heterocycles. The van der Waals surface area contributed by atoms with Crippen molar-refractivity contribution >= 4 is 12.0 Å². The number of likely N-dealkylation sites (tertiary alicyclic amines) is 1. The van der Waals surface area contributed by atoms with Gasteiger partial charge in [0.15, 0.2) is 0 Å². The van der Waals surface area contributed by atoms with Crippen molar-refractivity contribution in [2.45, 2.75) is 44.6 Å². The first-order valence-electron chi connectivity index (χ1n) is 6.38. The predicted molar refractivity (Wildman–Crippen MR) is 66.4 cm³/mol. The maximum Gasteiger partial charge on any atom is 0.471 e. The number of carbonyl (C=O) groups excluding carboxylic acids is 2. The van der Waals surface area contributed by atoms with E-state index in [9.17, 15) is 27.9 Å². The lowest BCUT2D eigenvalue weighted by Gasteiger charge is -2.46. The van der Waals surface area contributed by atoms with Crippen molar-refractivity contribution < 1.29 is 32.6 Å². The summed E-state index contributed by atoms with van der Waals surface area (Å²) in [6.07, 6.45) is -5.61. The molecule has 1 heterocycles. The molecule has 0 radical (unpaired) electrons. The molecule has 1 fully saturated rings. The summed E-state index contributed by atoms with van der Waals surface area (Å²) in [7, 11) is 0. The minimum atomic E-state index is -4.94. The van der Waals surface area contributed by atoms with Crippen LogP contribution < -0.4 is 5.32 Å². The summed E-state index contributed by atoms with van der Waals surface area (Å²) in [5.74, 6) is -2.05. The molecule has 9 heteroatoms. The third-order valence-electron chi connectivity index (χ3n) is 2.76. The number of carbonyl (C=O) groups is 2. The Morgan fingerprint density at radius 1 is 1.29 bits per heavy atom. The van der Waals surface area contributed by atoms with Gasteiger partial charge in [-0.25, -0.2) is 4.79 Å². The van der Waals surface area contributed by atoms with Crippen LogP contribution in [0.25, 0.3) is 0 Å². The zero-order chi connectivity index (χ0) is 16.5. The summed E-state index contributed by atoms with van der Waals surface area (Å²) >= 11 is 0. The zero-order valence-electron chi connectivity index (χ0n) is 12.1. The molecule has 0 aromatic rings. The van der Waals surface area contributed by atoms with Crippen molar-refractivity contribution in [1.82, 2.24) is 10.2 Å². The van der Waals surface area contributed by atoms with E-state index in [-0.39, 0.29) is 26.1 Å². The van der Waals surface area contributed by atoms with Crippen LogP contribution in [0.1, 0.15) is 27.2 Å². The summed E-state index contributed by atoms with van der Waals surface area (Å²) < 4.78 is 40.9. The zero-order valence-corrected chi connectivity index (χ0v) is 12.1. The smallest absolute Gasteiger partial charge is 0.444 e. The second-order valence-electron chi connectivity index (χ2n) is 6.06. The van der Waals surface area contributed by atoms with Crippen LogP contribution in [-0.2, 0) is 9.53 Å². The Labute approximate surface area is 120 Å². The maximum atomic E-state index is 11.9. The highest BCUT2D eigenvalue weighted by atomic mass is 19.4. The van der Waals surface area contributed by atoms with Gasteiger partial charge in [-0.1, -0.05) is 0 Å². The van der Waals surface area contributed by atoms with E-state index in [1.807, 2.05) is 0 Å². The first kappa shape index (κ1) is 17.5. The number of hydrogen-bond acceptors (Lipinski definition) is 4. The Kier molecular flexibility index (Phi) is 4.76. The van der Waals surface area contributed by atoms with Crippen LogP contribution in [0.3, 0.4) is 0 Å². The van der Waals surface area contributed by atoms with E-state index in [0.717, 1.165) is 0 Å². The second kappa shape index (κ2) is 5.70. The van der Waals surface area contributed by atoms with E-state index in [4.69, 9.17) is 4.74 Å². The first-order chi connectivity index (χ1) is 9.32. The number of halogens is 3. The molecule has 1 rings (SSSR count). The predicted octanol–water partition coefficient (Wildman–Crippen LogP) is 1.04.